The van der Waals surface area contributed by atoms with Crippen LogP contribution in [-0.4, -0.2) is 46.1 Å². The molecule has 0 unspecified atom stereocenters. The molecule has 1 N–H and O–H groups in total. The second-order valence-corrected chi connectivity index (χ2v) is 8.77. The van der Waals surface area contributed by atoms with Crippen molar-refractivity contribution in [3.05, 3.63) is 51.8 Å². The number of aryl methyl sites for hydroxylation is 1. The molecule has 1 aliphatic rings. The molecule has 0 saturated carbocycles. The number of benzene rings is 1. The number of aromatic nitrogens is 2. The predicted octanol–water partition coefficient (Wildman–Crippen LogP) is 4.62. The molecular weight excluding hydrogens is 424 g/mol. The SMILES string of the molecule is Cc1oc(-c2ccc(Cl)cc2)nc1C(=O)Nc1nc(CN2C[C@@H](C)O[C@H](C)C2)cs1. The molecule has 1 amide bonds. The minimum atomic E-state index is -0.342. The van der Waals surface area contributed by atoms with Crippen LogP contribution in [0.3, 0.4) is 0 Å². The van der Waals surface area contributed by atoms with E-state index in [0.29, 0.717) is 21.8 Å². The zero-order valence-corrected chi connectivity index (χ0v) is 18.6. The van der Waals surface area contributed by atoms with E-state index in [4.69, 9.17) is 20.8 Å². The van der Waals surface area contributed by atoms with E-state index < -0.39 is 0 Å². The smallest absolute Gasteiger partial charge is 0.279 e. The summed E-state index contributed by atoms with van der Waals surface area (Å²) in [6.45, 7) is 8.34. The fourth-order valence-corrected chi connectivity index (χ4v) is 4.38. The number of oxazole rings is 1. The third-order valence-corrected chi connectivity index (χ3v) is 5.81. The molecule has 30 heavy (non-hydrogen) atoms. The lowest BCUT2D eigenvalue weighted by atomic mass is 10.2. The maximum Gasteiger partial charge on any atom is 0.279 e. The van der Waals surface area contributed by atoms with E-state index in [1.165, 1.54) is 11.3 Å². The van der Waals surface area contributed by atoms with Crippen molar-refractivity contribution >= 4 is 34.0 Å². The fourth-order valence-electron chi connectivity index (χ4n) is 3.56. The van der Waals surface area contributed by atoms with Crippen LogP contribution in [0, 0.1) is 6.92 Å². The van der Waals surface area contributed by atoms with Crippen LogP contribution in [0.25, 0.3) is 11.5 Å². The van der Waals surface area contributed by atoms with E-state index in [1.807, 2.05) is 5.38 Å². The number of amides is 1. The van der Waals surface area contributed by atoms with Crippen LogP contribution in [0.5, 0.6) is 0 Å². The van der Waals surface area contributed by atoms with Crippen LogP contribution in [0.2, 0.25) is 5.02 Å². The first-order valence-corrected chi connectivity index (χ1v) is 11.0. The number of carbonyl (C=O) groups is 1. The number of hydrogen-bond donors (Lipinski definition) is 1. The Labute approximate surface area is 184 Å². The molecule has 9 heteroatoms. The first-order chi connectivity index (χ1) is 14.4. The van der Waals surface area contributed by atoms with Crippen molar-refractivity contribution in [2.75, 3.05) is 18.4 Å². The third-order valence-electron chi connectivity index (χ3n) is 4.76. The maximum absolute atomic E-state index is 12.7. The van der Waals surface area contributed by atoms with Gasteiger partial charge in [-0.15, -0.1) is 11.3 Å². The molecule has 2 atom stereocenters. The summed E-state index contributed by atoms with van der Waals surface area (Å²) in [5, 5.41) is 5.96. The van der Waals surface area contributed by atoms with Gasteiger partial charge in [0, 0.05) is 35.6 Å². The molecule has 7 nitrogen and oxygen atoms in total. The summed E-state index contributed by atoms with van der Waals surface area (Å²) in [6.07, 6.45) is 0.410. The molecule has 0 aliphatic carbocycles. The zero-order valence-electron chi connectivity index (χ0n) is 17.0. The van der Waals surface area contributed by atoms with Gasteiger partial charge in [0.2, 0.25) is 5.89 Å². The molecule has 1 fully saturated rings. The summed E-state index contributed by atoms with van der Waals surface area (Å²) in [6, 6.07) is 7.11. The van der Waals surface area contributed by atoms with Crippen LogP contribution < -0.4 is 5.32 Å². The standard InChI is InChI=1S/C21H23ClN4O3S/c1-12-8-26(9-13(2)28-12)10-17-11-30-21(23-17)25-19(27)18-14(3)29-20(24-18)15-4-6-16(22)7-5-15/h4-7,11-13H,8-10H2,1-3H3,(H,23,25,27)/t12-,13-/m1/s1. The summed E-state index contributed by atoms with van der Waals surface area (Å²) in [5.74, 6) is 0.487. The Bertz CT molecular complexity index is 1020. The van der Waals surface area contributed by atoms with Crippen molar-refractivity contribution in [1.82, 2.24) is 14.9 Å². The van der Waals surface area contributed by atoms with Crippen molar-refractivity contribution in [2.24, 2.45) is 0 Å². The first kappa shape index (κ1) is 21.0. The highest BCUT2D eigenvalue weighted by Crippen LogP contribution is 2.25. The van der Waals surface area contributed by atoms with Crippen LogP contribution >= 0.6 is 22.9 Å². The topological polar surface area (TPSA) is 80.5 Å². The highest BCUT2D eigenvalue weighted by Gasteiger charge is 2.23. The average Bonchev–Trinajstić information content (AvgIpc) is 3.28. The number of rotatable bonds is 5. The summed E-state index contributed by atoms with van der Waals surface area (Å²) in [5.41, 5.74) is 1.93. The largest absolute Gasteiger partial charge is 0.441 e. The van der Waals surface area contributed by atoms with Crippen molar-refractivity contribution in [3.8, 4) is 11.5 Å². The average molecular weight is 447 g/mol. The summed E-state index contributed by atoms with van der Waals surface area (Å²) < 4.78 is 11.4. The van der Waals surface area contributed by atoms with Gasteiger partial charge in [0.25, 0.3) is 5.91 Å². The van der Waals surface area contributed by atoms with Crippen LogP contribution in [-0.2, 0) is 11.3 Å². The lowest BCUT2D eigenvalue weighted by molar-refractivity contribution is -0.0707. The Morgan fingerprint density at radius 3 is 2.63 bits per heavy atom. The van der Waals surface area contributed by atoms with Gasteiger partial charge in [0.05, 0.1) is 17.9 Å². The van der Waals surface area contributed by atoms with Gasteiger partial charge in [0.15, 0.2) is 10.8 Å². The molecule has 158 valence electrons. The Morgan fingerprint density at radius 1 is 1.23 bits per heavy atom. The minimum absolute atomic E-state index is 0.205. The summed E-state index contributed by atoms with van der Waals surface area (Å²) >= 11 is 7.32. The highest BCUT2D eigenvalue weighted by molar-refractivity contribution is 7.13. The van der Waals surface area contributed by atoms with Crippen LogP contribution in [0.4, 0.5) is 5.13 Å². The van der Waals surface area contributed by atoms with Gasteiger partial charge < -0.3 is 9.15 Å². The van der Waals surface area contributed by atoms with Gasteiger partial charge in [-0.1, -0.05) is 11.6 Å². The molecule has 0 bridgehead atoms. The van der Waals surface area contributed by atoms with Gasteiger partial charge in [-0.3, -0.25) is 15.0 Å². The molecule has 1 saturated heterocycles. The van der Waals surface area contributed by atoms with Gasteiger partial charge in [-0.05, 0) is 45.0 Å². The number of hydrogen-bond acceptors (Lipinski definition) is 7. The monoisotopic (exact) mass is 446 g/mol. The second kappa shape index (κ2) is 8.85. The molecular formula is C21H23ClN4O3S. The van der Waals surface area contributed by atoms with Crippen LogP contribution in [0.15, 0.2) is 34.1 Å². The fraction of sp³-hybridized carbons (Fsp3) is 0.381. The number of anilines is 1. The molecule has 2 aromatic heterocycles. The van der Waals surface area contributed by atoms with Gasteiger partial charge in [-0.25, -0.2) is 9.97 Å². The van der Waals surface area contributed by atoms with E-state index in [2.05, 4.69) is 34.0 Å². The van der Waals surface area contributed by atoms with Gasteiger partial charge in [-0.2, -0.15) is 0 Å². The number of ether oxygens (including phenoxy) is 1. The van der Waals surface area contributed by atoms with Crippen molar-refractivity contribution < 1.29 is 13.9 Å². The third kappa shape index (κ3) is 4.89. The Kier molecular flexibility index (Phi) is 6.19. The molecule has 0 radical (unpaired) electrons. The zero-order chi connectivity index (χ0) is 21.3. The first-order valence-electron chi connectivity index (χ1n) is 9.74. The summed E-state index contributed by atoms with van der Waals surface area (Å²) in [4.78, 5) is 23.9. The molecule has 0 spiro atoms. The van der Waals surface area contributed by atoms with Crippen molar-refractivity contribution in [1.29, 1.82) is 0 Å². The Morgan fingerprint density at radius 2 is 1.93 bits per heavy atom. The molecule has 1 aliphatic heterocycles. The molecule has 3 heterocycles. The number of thiazole rings is 1. The minimum Gasteiger partial charge on any atom is -0.441 e. The van der Waals surface area contributed by atoms with Crippen molar-refractivity contribution in [3.63, 3.8) is 0 Å². The van der Waals surface area contributed by atoms with E-state index >= 15 is 0 Å². The molecule has 3 aromatic rings. The Hall–Kier alpha value is -2.26. The van der Waals surface area contributed by atoms with E-state index in [0.717, 1.165) is 30.9 Å². The number of nitrogens with zero attached hydrogens (tertiary/aromatic N) is 3. The molecule has 4 rings (SSSR count). The predicted molar refractivity (Wildman–Crippen MR) is 117 cm³/mol. The lowest BCUT2D eigenvalue weighted by Gasteiger charge is -2.34. The van der Waals surface area contributed by atoms with E-state index in [9.17, 15) is 4.79 Å². The van der Waals surface area contributed by atoms with Crippen molar-refractivity contribution in [2.45, 2.75) is 39.5 Å². The second-order valence-electron chi connectivity index (χ2n) is 7.48. The summed E-state index contributed by atoms with van der Waals surface area (Å²) in [7, 11) is 0. The van der Waals surface area contributed by atoms with Gasteiger partial charge >= 0.3 is 0 Å². The van der Waals surface area contributed by atoms with Crippen LogP contribution in [0.1, 0.15) is 35.8 Å². The normalized spacial score (nSPS) is 19.7. The number of halogens is 1. The highest BCUT2D eigenvalue weighted by atomic mass is 35.5. The van der Waals surface area contributed by atoms with E-state index in [1.54, 1.807) is 31.2 Å². The number of nitrogens with one attached hydrogen (secondary N) is 1. The quantitative estimate of drug-likeness (QED) is 0.615. The Balaban J connectivity index is 1.41. The van der Waals surface area contributed by atoms with Gasteiger partial charge in [0.1, 0.15) is 5.76 Å². The maximum atomic E-state index is 12.7. The lowest BCUT2D eigenvalue weighted by Crippen LogP contribution is -2.44. The number of carbonyl (C=O) groups excluding carboxylic acids is 1. The molecule has 1 aromatic carbocycles. The number of morpholine rings is 1. The van der Waals surface area contributed by atoms with E-state index in [-0.39, 0.29) is 23.8 Å².